The summed E-state index contributed by atoms with van der Waals surface area (Å²) in [6, 6.07) is 4.38. The highest BCUT2D eigenvalue weighted by molar-refractivity contribution is 7.89. The normalized spacial score (nSPS) is 11.4. The van der Waals surface area contributed by atoms with Crippen molar-refractivity contribution >= 4 is 15.7 Å². The average molecular weight is 282 g/mol. The van der Waals surface area contributed by atoms with Crippen LogP contribution in [0.3, 0.4) is 0 Å². The number of nitrogens with one attached hydrogen (secondary N) is 2. The Morgan fingerprint density at radius 1 is 1.47 bits per heavy atom. The molecule has 0 spiro atoms. The van der Waals surface area contributed by atoms with E-state index in [9.17, 15) is 8.42 Å². The lowest BCUT2D eigenvalue weighted by Crippen LogP contribution is -2.23. The molecule has 0 unspecified atom stereocenters. The Kier molecular flexibility index (Phi) is 3.72. The maximum Gasteiger partial charge on any atom is 0.244 e. The lowest BCUT2D eigenvalue weighted by atomic mass is 10.3. The third kappa shape index (κ3) is 3.04. The van der Waals surface area contributed by atoms with Gasteiger partial charge >= 0.3 is 0 Å². The van der Waals surface area contributed by atoms with Crippen LogP contribution in [0.25, 0.3) is 0 Å². The third-order valence-corrected chi connectivity index (χ3v) is 3.94. The van der Waals surface area contributed by atoms with Crippen molar-refractivity contribution in [2.24, 2.45) is 0 Å². The minimum atomic E-state index is -3.67. The lowest BCUT2D eigenvalue weighted by Gasteiger charge is -2.10. The molecule has 0 aliphatic heterocycles. The predicted octanol–water partition coefficient (Wildman–Crippen LogP) is 0.479. The molecule has 0 fully saturated rings. The van der Waals surface area contributed by atoms with E-state index >= 15 is 0 Å². The van der Waals surface area contributed by atoms with Crippen molar-refractivity contribution in [3.63, 3.8) is 0 Å². The molecule has 19 heavy (non-hydrogen) atoms. The largest absolute Gasteiger partial charge is 0.495 e. The van der Waals surface area contributed by atoms with Crippen molar-refractivity contribution in [3.8, 4) is 5.75 Å². The van der Waals surface area contributed by atoms with E-state index in [1.165, 1.54) is 25.3 Å². The van der Waals surface area contributed by atoms with Crippen molar-refractivity contribution in [1.29, 1.82) is 0 Å². The molecule has 2 aromatic rings. The van der Waals surface area contributed by atoms with E-state index in [0.717, 1.165) is 5.56 Å². The molecular formula is C11H14N4O3S. The first-order valence-electron chi connectivity index (χ1n) is 5.44. The summed E-state index contributed by atoms with van der Waals surface area (Å²) in [5, 5.41) is 6.35. The molecule has 0 radical (unpaired) electrons. The molecule has 0 saturated carbocycles. The molecule has 102 valence electrons. The summed E-state index contributed by atoms with van der Waals surface area (Å²) in [6.07, 6.45) is 3.16. The third-order valence-electron chi connectivity index (χ3n) is 2.50. The van der Waals surface area contributed by atoms with E-state index in [1.807, 2.05) is 0 Å². The van der Waals surface area contributed by atoms with E-state index in [2.05, 4.69) is 14.9 Å². The van der Waals surface area contributed by atoms with Crippen LogP contribution in [-0.2, 0) is 16.6 Å². The highest BCUT2D eigenvalue weighted by Gasteiger charge is 2.19. The minimum Gasteiger partial charge on any atom is -0.495 e. The number of aromatic amines is 1. The number of benzene rings is 1. The van der Waals surface area contributed by atoms with E-state index in [1.54, 1.807) is 12.4 Å². The van der Waals surface area contributed by atoms with Crippen molar-refractivity contribution < 1.29 is 13.2 Å². The summed E-state index contributed by atoms with van der Waals surface area (Å²) in [5.41, 5.74) is 6.76. The van der Waals surface area contributed by atoms with Gasteiger partial charge in [-0.3, -0.25) is 5.10 Å². The number of methoxy groups -OCH3 is 1. The number of hydrogen-bond donors (Lipinski definition) is 3. The van der Waals surface area contributed by atoms with Crippen LogP contribution >= 0.6 is 0 Å². The Labute approximate surface area is 110 Å². The summed E-state index contributed by atoms with van der Waals surface area (Å²) >= 11 is 0. The highest BCUT2D eigenvalue weighted by Crippen LogP contribution is 2.25. The summed E-state index contributed by atoms with van der Waals surface area (Å²) in [4.78, 5) is 0.0488. The Morgan fingerprint density at radius 2 is 2.26 bits per heavy atom. The van der Waals surface area contributed by atoms with E-state index in [0.29, 0.717) is 5.69 Å². The van der Waals surface area contributed by atoms with E-state index in [4.69, 9.17) is 10.5 Å². The molecule has 7 nitrogen and oxygen atoms in total. The standard InChI is InChI=1S/C11H14N4O3S/c1-18-10-4-9(12)2-3-11(10)19(16,17)15-7-8-5-13-14-6-8/h2-6,15H,7,12H2,1H3,(H,13,14). The zero-order chi connectivity index (χ0) is 13.9. The number of sulfonamides is 1. The molecule has 0 aliphatic rings. The summed E-state index contributed by atoms with van der Waals surface area (Å²) in [6.45, 7) is 0.145. The van der Waals surface area contributed by atoms with Crippen LogP contribution in [-0.4, -0.2) is 25.7 Å². The SMILES string of the molecule is COc1cc(N)ccc1S(=O)(=O)NCc1cn[nH]c1. The number of nitrogens with two attached hydrogens (primary N) is 1. The quantitative estimate of drug-likeness (QED) is 0.691. The van der Waals surface area contributed by atoms with Crippen LogP contribution < -0.4 is 15.2 Å². The van der Waals surface area contributed by atoms with Crippen LogP contribution in [0, 0.1) is 0 Å². The van der Waals surface area contributed by atoms with Crippen LogP contribution in [0.4, 0.5) is 5.69 Å². The number of H-pyrrole nitrogens is 1. The van der Waals surface area contributed by atoms with Crippen molar-refractivity contribution in [2.45, 2.75) is 11.4 Å². The average Bonchev–Trinajstić information content (AvgIpc) is 2.89. The van der Waals surface area contributed by atoms with Gasteiger partial charge in [-0.2, -0.15) is 5.10 Å². The van der Waals surface area contributed by atoms with Gasteiger partial charge in [-0.25, -0.2) is 13.1 Å². The molecule has 0 saturated heterocycles. The molecule has 0 amide bonds. The second kappa shape index (κ2) is 5.29. The highest BCUT2D eigenvalue weighted by atomic mass is 32.2. The fourth-order valence-corrected chi connectivity index (χ4v) is 2.70. The molecule has 0 aliphatic carbocycles. The zero-order valence-electron chi connectivity index (χ0n) is 10.3. The van der Waals surface area contributed by atoms with Crippen LogP contribution in [0.1, 0.15) is 5.56 Å². The molecule has 1 aromatic carbocycles. The number of nitrogen functional groups attached to an aromatic ring is 1. The second-order valence-electron chi connectivity index (χ2n) is 3.84. The topological polar surface area (TPSA) is 110 Å². The first-order chi connectivity index (χ1) is 9.03. The maximum atomic E-state index is 12.2. The molecule has 1 heterocycles. The molecular weight excluding hydrogens is 268 g/mol. The fraction of sp³-hybridized carbons (Fsp3) is 0.182. The molecule has 2 rings (SSSR count). The number of hydrogen-bond acceptors (Lipinski definition) is 5. The van der Waals surface area contributed by atoms with Crippen molar-refractivity contribution in [3.05, 3.63) is 36.2 Å². The van der Waals surface area contributed by atoms with Gasteiger partial charge in [0, 0.05) is 30.1 Å². The number of rotatable bonds is 5. The monoisotopic (exact) mass is 282 g/mol. The number of ether oxygens (including phenoxy) is 1. The van der Waals surface area contributed by atoms with Crippen LogP contribution in [0.5, 0.6) is 5.75 Å². The van der Waals surface area contributed by atoms with E-state index in [-0.39, 0.29) is 17.2 Å². The summed E-state index contributed by atoms with van der Waals surface area (Å²) < 4.78 is 31.8. The van der Waals surface area contributed by atoms with Gasteiger partial charge < -0.3 is 10.5 Å². The smallest absolute Gasteiger partial charge is 0.244 e. The van der Waals surface area contributed by atoms with Gasteiger partial charge in [-0.15, -0.1) is 0 Å². The molecule has 0 bridgehead atoms. The van der Waals surface area contributed by atoms with Gasteiger partial charge in [0.1, 0.15) is 10.6 Å². The predicted molar refractivity (Wildman–Crippen MR) is 70.0 cm³/mol. The molecule has 1 aromatic heterocycles. The number of anilines is 1. The molecule has 0 atom stereocenters. The van der Waals surface area contributed by atoms with E-state index < -0.39 is 10.0 Å². The van der Waals surface area contributed by atoms with Crippen LogP contribution in [0.2, 0.25) is 0 Å². The summed E-state index contributed by atoms with van der Waals surface area (Å²) in [7, 11) is -2.28. The Balaban J connectivity index is 2.24. The van der Waals surface area contributed by atoms with Gasteiger partial charge in [0.15, 0.2) is 0 Å². The first kappa shape index (κ1) is 13.4. The first-order valence-corrected chi connectivity index (χ1v) is 6.92. The molecule has 4 N–H and O–H groups in total. The Hall–Kier alpha value is -2.06. The second-order valence-corrected chi connectivity index (χ2v) is 5.58. The number of nitrogens with zero attached hydrogens (tertiary/aromatic N) is 1. The Bertz CT molecular complexity index is 653. The van der Waals surface area contributed by atoms with Crippen LogP contribution in [0.15, 0.2) is 35.5 Å². The summed E-state index contributed by atoms with van der Waals surface area (Å²) in [5.74, 6) is 0.208. The van der Waals surface area contributed by atoms with Crippen molar-refractivity contribution in [1.82, 2.24) is 14.9 Å². The maximum absolute atomic E-state index is 12.2. The van der Waals surface area contributed by atoms with Gasteiger partial charge in [-0.1, -0.05) is 0 Å². The lowest BCUT2D eigenvalue weighted by molar-refractivity contribution is 0.402. The van der Waals surface area contributed by atoms with Gasteiger partial charge in [0.25, 0.3) is 0 Å². The van der Waals surface area contributed by atoms with Crippen molar-refractivity contribution in [2.75, 3.05) is 12.8 Å². The van der Waals surface area contributed by atoms with Gasteiger partial charge in [0.05, 0.1) is 13.3 Å². The fourth-order valence-electron chi connectivity index (χ4n) is 1.54. The zero-order valence-corrected chi connectivity index (χ0v) is 11.1. The Morgan fingerprint density at radius 3 is 2.89 bits per heavy atom. The minimum absolute atomic E-state index is 0.0488. The van der Waals surface area contributed by atoms with Gasteiger partial charge in [-0.05, 0) is 12.1 Å². The number of aromatic nitrogens is 2. The van der Waals surface area contributed by atoms with Gasteiger partial charge in [0.2, 0.25) is 10.0 Å². The molecule has 8 heteroatoms.